The summed E-state index contributed by atoms with van der Waals surface area (Å²) in [5.74, 6) is 0.269. The lowest BCUT2D eigenvalue weighted by Gasteiger charge is -2.33. The summed E-state index contributed by atoms with van der Waals surface area (Å²) in [6, 6.07) is 23.8. The van der Waals surface area contributed by atoms with Crippen molar-refractivity contribution in [3.63, 3.8) is 0 Å². The number of pyridine rings is 1. The van der Waals surface area contributed by atoms with Gasteiger partial charge < -0.3 is 4.98 Å². The number of tetrazole rings is 1. The summed E-state index contributed by atoms with van der Waals surface area (Å²) in [4.78, 5) is 19.0. The van der Waals surface area contributed by atoms with E-state index in [2.05, 4.69) is 37.5 Å². The Morgan fingerprint density at radius 3 is 2.32 bits per heavy atom. The molecule has 0 fully saturated rings. The summed E-state index contributed by atoms with van der Waals surface area (Å²) in [6.45, 7) is 9.03. The minimum absolute atomic E-state index is 0.197. The molecule has 0 aliphatic rings. The Hall–Kier alpha value is -4.17. The van der Waals surface area contributed by atoms with Gasteiger partial charge in [-0.2, -0.15) is 0 Å². The Labute approximate surface area is 220 Å². The van der Waals surface area contributed by atoms with Gasteiger partial charge in [-0.3, -0.25) is 9.69 Å². The fourth-order valence-corrected chi connectivity index (χ4v) is 4.83. The monoisotopic (exact) mass is 510 g/mol. The fourth-order valence-electron chi connectivity index (χ4n) is 4.83. The van der Waals surface area contributed by atoms with Crippen LogP contribution in [0.2, 0.25) is 0 Å². The van der Waals surface area contributed by atoms with Crippen molar-refractivity contribution in [2.24, 2.45) is 0 Å². The van der Waals surface area contributed by atoms with Crippen LogP contribution < -0.4 is 5.56 Å². The first-order valence-electron chi connectivity index (χ1n) is 12.6. The number of H-pyrrole nitrogens is 1. The molecule has 38 heavy (non-hydrogen) atoms. The standard InChI is InChI=1S/C30H31FN6O/c1-20-9-8-12-23-17-25(29(38)32-26(20)23)27(28-33-34-35-37(28)30(2,3)4)36(18-21-10-6-5-7-11-21)19-22-13-15-24(31)16-14-22/h5-17,27H,18-19H2,1-4H3,(H,32,38)/t27-/m0/s1. The average molecular weight is 511 g/mol. The first-order valence-corrected chi connectivity index (χ1v) is 12.6. The topological polar surface area (TPSA) is 79.7 Å². The molecular weight excluding hydrogens is 479 g/mol. The van der Waals surface area contributed by atoms with E-state index in [1.807, 2.05) is 70.2 Å². The molecule has 7 nitrogen and oxygen atoms in total. The maximum atomic E-state index is 13.7. The first-order chi connectivity index (χ1) is 18.2. The molecule has 0 amide bonds. The molecule has 0 saturated heterocycles. The van der Waals surface area contributed by atoms with E-state index in [-0.39, 0.29) is 11.4 Å². The predicted molar refractivity (Wildman–Crippen MR) is 146 cm³/mol. The van der Waals surface area contributed by atoms with Crippen LogP contribution in [0.25, 0.3) is 10.9 Å². The van der Waals surface area contributed by atoms with Crippen molar-refractivity contribution in [3.8, 4) is 0 Å². The number of aryl methyl sites for hydroxylation is 1. The molecule has 8 heteroatoms. The molecule has 0 aliphatic carbocycles. The zero-order chi connectivity index (χ0) is 26.9. The number of hydrogen-bond donors (Lipinski definition) is 1. The van der Waals surface area contributed by atoms with E-state index in [1.165, 1.54) is 12.1 Å². The summed E-state index contributed by atoms with van der Waals surface area (Å²) in [7, 11) is 0. The second-order valence-electron chi connectivity index (χ2n) is 10.6. The van der Waals surface area contributed by atoms with Gasteiger partial charge in [0.25, 0.3) is 5.56 Å². The van der Waals surface area contributed by atoms with Gasteiger partial charge in [0.2, 0.25) is 0 Å². The Bertz CT molecular complexity index is 1600. The number of hydrogen-bond acceptors (Lipinski definition) is 5. The smallest absolute Gasteiger partial charge is 0.253 e. The molecule has 2 heterocycles. The Morgan fingerprint density at radius 1 is 0.947 bits per heavy atom. The fraction of sp³-hybridized carbons (Fsp3) is 0.267. The third-order valence-electron chi connectivity index (χ3n) is 6.68. The lowest BCUT2D eigenvalue weighted by Crippen LogP contribution is -2.37. The van der Waals surface area contributed by atoms with Gasteiger partial charge in [0, 0.05) is 18.7 Å². The van der Waals surface area contributed by atoms with Crippen molar-refractivity contribution in [2.45, 2.75) is 52.4 Å². The van der Waals surface area contributed by atoms with Crippen LogP contribution in [-0.4, -0.2) is 30.1 Å². The molecular formula is C30H31FN6O. The van der Waals surface area contributed by atoms with Gasteiger partial charge >= 0.3 is 0 Å². The number of nitrogens with one attached hydrogen (secondary N) is 1. The molecule has 0 unspecified atom stereocenters. The zero-order valence-corrected chi connectivity index (χ0v) is 22.0. The molecule has 5 rings (SSSR count). The van der Waals surface area contributed by atoms with E-state index >= 15 is 0 Å². The number of nitrogens with zero attached hydrogens (tertiary/aromatic N) is 5. The molecule has 1 atom stereocenters. The van der Waals surface area contributed by atoms with Gasteiger partial charge in [0.1, 0.15) is 11.9 Å². The number of benzene rings is 3. The maximum Gasteiger partial charge on any atom is 0.253 e. The minimum Gasteiger partial charge on any atom is -0.321 e. The van der Waals surface area contributed by atoms with E-state index in [0.29, 0.717) is 24.5 Å². The molecule has 2 aromatic heterocycles. The highest BCUT2D eigenvalue weighted by Crippen LogP contribution is 2.32. The van der Waals surface area contributed by atoms with Crippen LogP contribution >= 0.6 is 0 Å². The molecule has 0 radical (unpaired) electrons. The van der Waals surface area contributed by atoms with Crippen LogP contribution in [0.3, 0.4) is 0 Å². The SMILES string of the molecule is Cc1cccc2cc([C@@H](c3nnnn3C(C)(C)C)N(Cc3ccccc3)Cc3ccc(F)cc3)c(=O)[nH]c12. The number of aromatic amines is 1. The summed E-state index contributed by atoms with van der Waals surface area (Å²) >= 11 is 0. The third kappa shape index (κ3) is 5.26. The number of halogens is 1. The lowest BCUT2D eigenvalue weighted by atomic mass is 9.99. The van der Waals surface area contributed by atoms with Crippen molar-refractivity contribution in [1.29, 1.82) is 0 Å². The Kier molecular flexibility index (Phi) is 6.91. The van der Waals surface area contributed by atoms with Crippen molar-refractivity contribution < 1.29 is 4.39 Å². The minimum atomic E-state index is -0.580. The highest BCUT2D eigenvalue weighted by atomic mass is 19.1. The van der Waals surface area contributed by atoms with E-state index in [1.54, 1.807) is 16.8 Å². The van der Waals surface area contributed by atoms with Gasteiger partial charge in [-0.15, -0.1) is 5.10 Å². The van der Waals surface area contributed by atoms with Crippen LogP contribution in [0.15, 0.2) is 83.7 Å². The van der Waals surface area contributed by atoms with Crippen molar-refractivity contribution in [3.05, 3.63) is 123 Å². The highest BCUT2D eigenvalue weighted by Gasteiger charge is 2.33. The van der Waals surface area contributed by atoms with Crippen molar-refractivity contribution >= 4 is 10.9 Å². The zero-order valence-electron chi connectivity index (χ0n) is 22.0. The molecule has 194 valence electrons. The molecule has 1 N–H and O–H groups in total. The van der Waals surface area contributed by atoms with Crippen LogP contribution in [0, 0.1) is 12.7 Å². The quantitative estimate of drug-likeness (QED) is 0.312. The summed E-state index contributed by atoms with van der Waals surface area (Å²) in [5, 5.41) is 13.7. The van der Waals surface area contributed by atoms with Crippen molar-refractivity contribution in [2.75, 3.05) is 0 Å². The van der Waals surface area contributed by atoms with Gasteiger partial charge in [-0.1, -0.05) is 60.7 Å². The number of para-hydroxylation sites is 1. The molecule has 0 aliphatic heterocycles. The number of rotatable bonds is 7. The molecule has 5 aromatic rings. The highest BCUT2D eigenvalue weighted by molar-refractivity contribution is 5.82. The van der Waals surface area contributed by atoms with Gasteiger partial charge in [0.15, 0.2) is 5.82 Å². The van der Waals surface area contributed by atoms with E-state index in [9.17, 15) is 9.18 Å². The van der Waals surface area contributed by atoms with E-state index in [0.717, 1.165) is 27.6 Å². The second-order valence-corrected chi connectivity index (χ2v) is 10.6. The first kappa shape index (κ1) is 25.5. The lowest BCUT2D eigenvalue weighted by molar-refractivity contribution is 0.184. The van der Waals surface area contributed by atoms with Gasteiger partial charge in [0.05, 0.1) is 11.1 Å². The maximum absolute atomic E-state index is 13.7. The Balaban J connectivity index is 1.73. The van der Waals surface area contributed by atoms with E-state index < -0.39 is 11.6 Å². The average Bonchev–Trinajstić information content (AvgIpc) is 3.37. The van der Waals surface area contributed by atoms with Crippen LogP contribution in [0.4, 0.5) is 4.39 Å². The Morgan fingerprint density at radius 2 is 1.63 bits per heavy atom. The second kappa shape index (κ2) is 10.3. The molecule has 0 saturated carbocycles. The molecule has 3 aromatic carbocycles. The van der Waals surface area contributed by atoms with Crippen LogP contribution in [0.1, 0.15) is 54.9 Å². The third-order valence-corrected chi connectivity index (χ3v) is 6.68. The van der Waals surface area contributed by atoms with Crippen molar-refractivity contribution in [1.82, 2.24) is 30.1 Å². The normalized spacial score (nSPS) is 12.8. The predicted octanol–water partition coefficient (Wildman–Crippen LogP) is 5.51. The number of fused-ring (bicyclic) bond motifs is 1. The van der Waals surface area contributed by atoms with Crippen LogP contribution in [-0.2, 0) is 18.6 Å². The van der Waals surface area contributed by atoms with Gasteiger partial charge in [-0.25, -0.2) is 9.07 Å². The summed E-state index contributed by atoms with van der Waals surface area (Å²) in [5.41, 5.74) is 3.71. The van der Waals surface area contributed by atoms with Crippen LogP contribution in [0.5, 0.6) is 0 Å². The largest absolute Gasteiger partial charge is 0.321 e. The summed E-state index contributed by atoms with van der Waals surface area (Å²) in [6.07, 6.45) is 0. The van der Waals surface area contributed by atoms with E-state index in [4.69, 9.17) is 0 Å². The summed E-state index contributed by atoms with van der Waals surface area (Å²) < 4.78 is 15.5. The molecule has 0 bridgehead atoms. The molecule has 0 spiro atoms. The van der Waals surface area contributed by atoms with Gasteiger partial charge in [-0.05, 0) is 78.4 Å². The number of aromatic nitrogens is 5.